The van der Waals surface area contributed by atoms with Crippen LogP contribution in [0.1, 0.15) is 0 Å². The first-order valence-corrected chi connectivity index (χ1v) is 16.8. The quantitative estimate of drug-likeness (QED) is 0.192. The molecule has 3 heteroatoms. The van der Waals surface area contributed by atoms with Crippen molar-refractivity contribution in [2.45, 2.75) is 0 Å². The number of hydrogen-bond acceptors (Lipinski definition) is 1. The zero-order valence-corrected chi connectivity index (χ0v) is 26.5. The third-order valence-corrected chi connectivity index (χ3v) is 10.3. The van der Waals surface area contributed by atoms with Crippen molar-refractivity contribution >= 4 is 76.3 Å². The Morgan fingerprint density at radius 3 is 2.00 bits per heavy atom. The normalized spacial score (nSPS) is 12.1. The molecule has 0 spiro atoms. The first kappa shape index (κ1) is 26.5. The van der Waals surface area contributed by atoms with Gasteiger partial charge in [-0.3, -0.25) is 0 Å². The molecule has 8 aromatic carbocycles. The van der Waals surface area contributed by atoms with Gasteiger partial charge in [-0.25, -0.2) is 0 Å². The third kappa shape index (κ3) is 3.67. The number of hydrogen-bond donors (Lipinski definition) is 0. The van der Waals surface area contributed by atoms with Crippen molar-refractivity contribution in [1.82, 2.24) is 9.13 Å². The topological polar surface area (TPSA) is 23.0 Å². The Labute approximate surface area is 281 Å². The van der Waals surface area contributed by atoms with Crippen molar-refractivity contribution in [3.63, 3.8) is 0 Å². The molecule has 0 saturated carbocycles. The fraction of sp³-hybridized carbons (Fsp3) is 0. The van der Waals surface area contributed by atoms with Crippen molar-refractivity contribution < 1.29 is 4.42 Å². The predicted molar refractivity (Wildman–Crippen MR) is 205 cm³/mol. The Kier molecular flexibility index (Phi) is 5.38. The molecule has 0 aliphatic carbocycles. The lowest BCUT2D eigenvalue weighted by atomic mass is 10.0. The molecule has 228 valence electrons. The van der Waals surface area contributed by atoms with Crippen LogP contribution in [0, 0.1) is 0 Å². The summed E-state index contributed by atoms with van der Waals surface area (Å²) in [4.78, 5) is 0. The Morgan fingerprint density at radius 1 is 0.388 bits per heavy atom. The van der Waals surface area contributed by atoms with Gasteiger partial charge >= 0.3 is 0 Å². The molecular formula is C46H28N2O. The molecule has 11 aromatic rings. The highest BCUT2D eigenvalue weighted by molar-refractivity contribution is 6.29. The molecule has 3 aromatic heterocycles. The predicted octanol–water partition coefficient (Wildman–Crippen LogP) is 12.6. The molecule has 11 rings (SSSR count). The smallest absolute Gasteiger partial charge is 0.143 e. The van der Waals surface area contributed by atoms with Crippen LogP contribution in [0.2, 0.25) is 0 Å². The lowest BCUT2D eigenvalue weighted by molar-refractivity contribution is 0.670. The van der Waals surface area contributed by atoms with Crippen LogP contribution in [-0.2, 0) is 0 Å². The van der Waals surface area contributed by atoms with Crippen LogP contribution in [-0.4, -0.2) is 9.13 Å². The summed E-state index contributed by atoms with van der Waals surface area (Å²) in [7, 11) is 0. The van der Waals surface area contributed by atoms with Crippen LogP contribution in [0.5, 0.6) is 0 Å². The number of furan rings is 1. The number of aromatic nitrogens is 2. The molecule has 0 saturated heterocycles. The molecule has 0 radical (unpaired) electrons. The minimum absolute atomic E-state index is 0.910. The lowest BCUT2D eigenvalue weighted by Gasteiger charge is -2.12. The standard InChI is InChI=1S/C46H28N2O/c1-2-14-31(15-3-1)47-41-27-26-37-35-18-6-8-22-40(35)48(45(37)43(41)39-25-24-29-12-4-5-17-33(29)44(39)47)32-16-10-13-30(28-32)34-20-11-21-38-36-19-7-9-23-42(36)49-46(34)38/h1-28H. The highest BCUT2D eigenvalue weighted by Crippen LogP contribution is 2.44. The van der Waals surface area contributed by atoms with Gasteiger partial charge in [-0.2, -0.15) is 0 Å². The van der Waals surface area contributed by atoms with Crippen LogP contribution < -0.4 is 0 Å². The van der Waals surface area contributed by atoms with E-state index in [-0.39, 0.29) is 0 Å². The van der Waals surface area contributed by atoms with Gasteiger partial charge in [-0.1, -0.05) is 127 Å². The number of rotatable bonds is 3. The second-order valence-electron chi connectivity index (χ2n) is 12.9. The maximum absolute atomic E-state index is 6.49. The van der Waals surface area contributed by atoms with Crippen LogP contribution in [0.3, 0.4) is 0 Å². The van der Waals surface area contributed by atoms with Gasteiger partial charge in [0.25, 0.3) is 0 Å². The summed E-state index contributed by atoms with van der Waals surface area (Å²) in [6.45, 7) is 0. The van der Waals surface area contributed by atoms with E-state index >= 15 is 0 Å². The van der Waals surface area contributed by atoms with Gasteiger partial charge in [0.1, 0.15) is 11.2 Å². The molecule has 0 atom stereocenters. The Balaban J connectivity index is 1.27. The third-order valence-electron chi connectivity index (χ3n) is 10.3. The van der Waals surface area contributed by atoms with Gasteiger partial charge in [0, 0.05) is 54.6 Å². The van der Waals surface area contributed by atoms with E-state index in [0.717, 1.165) is 44.4 Å². The van der Waals surface area contributed by atoms with E-state index in [9.17, 15) is 0 Å². The van der Waals surface area contributed by atoms with Crippen molar-refractivity contribution in [1.29, 1.82) is 0 Å². The fourth-order valence-electron chi connectivity index (χ4n) is 8.22. The largest absolute Gasteiger partial charge is 0.455 e. The SMILES string of the molecule is c1ccc(-n2c3ccc4c5ccccc5n(-c5cccc(-c6cccc7c6oc6ccccc67)c5)c4c3c3ccc4ccccc4c32)cc1. The summed E-state index contributed by atoms with van der Waals surface area (Å²) in [5.41, 5.74) is 11.1. The first-order valence-electron chi connectivity index (χ1n) is 16.8. The molecule has 0 unspecified atom stereocenters. The van der Waals surface area contributed by atoms with Gasteiger partial charge in [0.2, 0.25) is 0 Å². The molecule has 0 aliphatic rings. The molecule has 0 bridgehead atoms. The summed E-state index contributed by atoms with van der Waals surface area (Å²) in [5, 5.41) is 9.74. The van der Waals surface area contributed by atoms with Gasteiger partial charge in [0.05, 0.1) is 22.1 Å². The second-order valence-corrected chi connectivity index (χ2v) is 12.9. The van der Waals surface area contributed by atoms with Crippen molar-refractivity contribution in [2.24, 2.45) is 0 Å². The van der Waals surface area contributed by atoms with Crippen LogP contribution in [0.4, 0.5) is 0 Å². The summed E-state index contributed by atoms with van der Waals surface area (Å²) < 4.78 is 11.4. The number of nitrogens with zero attached hydrogens (tertiary/aromatic N) is 2. The average Bonchev–Trinajstić information content (AvgIpc) is 3.83. The van der Waals surface area contributed by atoms with Crippen molar-refractivity contribution in [3.05, 3.63) is 170 Å². The van der Waals surface area contributed by atoms with Gasteiger partial charge in [0.15, 0.2) is 0 Å². The molecule has 0 N–H and O–H groups in total. The van der Waals surface area contributed by atoms with Crippen LogP contribution in [0.15, 0.2) is 174 Å². The summed E-state index contributed by atoms with van der Waals surface area (Å²) in [6.07, 6.45) is 0. The minimum Gasteiger partial charge on any atom is -0.455 e. The number of fused-ring (bicyclic) bond motifs is 12. The molecule has 3 nitrogen and oxygen atoms in total. The van der Waals surface area contributed by atoms with E-state index in [1.54, 1.807) is 0 Å². The van der Waals surface area contributed by atoms with Gasteiger partial charge < -0.3 is 13.6 Å². The Bertz CT molecular complexity index is 3100. The van der Waals surface area contributed by atoms with E-state index in [1.165, 1.54) is 54.4 Å². The van der Waals surface area contributed by atoms with Gasteiger partial charge in [-0.05, 0) is 53.4 Å². The maximum atomic E-state index is 6.49. The van der Waals surface area contributed by atoms with Crippen LogP contribution >= 0.6 is 0 Å². The first-order chi connectivity index (χ1) is 24.3. The van der Waals surface area contributed by atoms with Gasteiger partial charge in [-0.15, -0.1) is 0 Å². The second kappa shape index (κ2) is 9.96. The van der Waals surface area contributed by atoms with E-state index in [0.29, 0.717) is 0 Å². The number of benzene rings is 8. The van der Waals surface area contributed by atoms with Crippen molar-refractivity contribution in [3.8, 4) is 22.5 Å². The van der Waals surface area contributed by atoms with E-state index in [2.05, 4.69) is 167 Å². The number of para-hydroxylation sites is 4. The zero-order valence-electron chi connectivity index (χ0n) is 26.5. The van der Waals surface area contributed by atoms with E-state index in [1.807, 2.05) is 12.1 Å². The zero-order chi connectivity index (χ0) is 32.1. The molecule has 3 heterocycles. The van der Waals surface area contributed by atoms with Crippen LogP contribution in [0.25, 0.3) is 98.8 Å². The molecule has 0 fully saturated rings. The fourth-order valence-corrected chi connectivity index (χ4v) is 8.22. The molecule has 0 amide bonds. The van der Waals surface area contributed by atoms with E-state index < -0.39 is 0 Å². The minimum atomic E-state index is 0.910. The average molecular weight is 625 g/mol. The maximum Gasteiger partial charge on any atom is 0.143 e. The summed E-state index contributed by atoms with van der Waals surface area (Å²) >= 11 is 0. The van der Waals surface area contributed by atoms with E-state index in [4.69, 9.17) is 4.42 Å². The Hall–Kier alpha value is -6.58. The summed E-state index contributed by atoms with van der Waals surface area (Å²) in [5.74, 6) is 0. The highest BCUT2D eigenvalue weighted by atomic mass is 16.3. The monoisotopic (exact) mass is 624 g/mol. The summed E-state index contributed by atoms with van der Waals surface area (Å²) in [6, 6.07) is 61.2. The Morgan fingerprint density at radius 2 is 1.08 bits per heavy atom. The van der Waals surface area contributed by atoms with Crippen molar-refractivity contribution in [2.75, 3.05) is 0 Å². The lowest BCUT2D eigenvalue weighted by Crippen LogP contribution is -1.96. The molecular weight excluding hydrogens is 597 g/mol. The highest BCUT2D eigenvalue weighted by Gasteiger charge is 2.22. The molecule has 49 heavy (non-hydrogen) atoms. The molecule has 0 aliphatic heterocycles.